The van der Waals surface area contributed by atoms with Gasteiger partial charge in [-0.1, -0.05) is 6.07 Å². The maximum Gasteiger partial charge on any atom is 0.168 e. The summed E-state index contributed by atoms with van der Waals surface area (Å²) in [6, 6.07) is 9.61. The number of aromatic nitrogens is 2. The van der Waals surface area contributed by atoms with Gasteiger partial charge in [-0.05, 0) is 38.1 Å². The molecule has 0 atom stereocenters. The lowest BCUT2D eigenvalue weighted by Crippen LogP contribution is -2.04. The lowest BCUT2D eigenvalue weighted by Gasteiger charge is -2.03. The number of thiazole rings is 1. The standard InChI is InChI=1S/C16H14N2OS/c1-10-3-4-12-7-13(5-6-15(12)17-10)16(19)8-14-9-20-11(2)18-14/h3-7,9H,8H2,1-2H3. The SMILES string of the molecule is Cc1ccc2cc(C(=O)Cc3csc(C)n3)ccc2n1. The summed E-state index contributed by atoms with van der Waals surface area (Å²) in [6.07, 6.45) is 0.356. The van der Waals surface area contributed by atoms with Crippen LogP contribution in [0.1, 0.15) is 26.8 Å². The lowest BCUT2D eigenvalue weighted by molar-refractivity contribution is 0.0992. The molecule has 0 saturated heterocycles. The molecule has 3 aromatic rings. The van der Waals surface area contributed by atoms with E-state index in [0.29, 0.717) is 12.0 Å². The molecule has 0 aliphatic carbocycles. The van der Waals surface area contributed by atoms with E-state index in [4.69, 9.17) is 0 Å². The van der Waals surface area contributed by atoms with Crippen molar-refractivity contribution in [2.24, 2.45) is 0 Å². The van der Waals surface area contributed by atoms with Crippen LogP contribution in [0.25, 0.3) is 10.9 Å². The van der Waals surface area contributed by atoms with Gasteiger partial charge in [-0.25, -0.2) is 4.98 Å². The number of ketones is 1. The Morgan fingerprint density at radius 1 is 1.15 bits per heavy atom. The van der Waals surface area contributed by atoms with Crippen LogP contribution in [0.5, 0.6) is 0 Å². The number of fused-ring (bicyclic) bond motifs is 1. The van der Waals surface area contributed by atoms with Crippen LogP contribution in [-0.2, 0) is 6.42 Å². The second-order valence-electron chi connectivity index (χ2n) is 4.82. The van der Waals surface area contributed by atoms with Crippen LogP contribution in [0.3, 0.4) is 0 Å². The molecule has 0 radical (unpaired) electrons. The second kappa shape index (κ2) is 5.13. The highest BCUT2D eigenvalue weighted by atomic mass is 32.1. The Morgan fingerprint density at radius 3 is 2.75 bits per heavy atom. The molecule has 0 unspecified atom stereocenters. The summed E-state index contributed by atoms with van der Waals surface area (Å²) in [6.45, 7) is 3.91. The Kier molecular flexibility index (Phi) is 3.32. The summed E-state index contributed by atoms with van der Waals surface area (Å²) < 4.78 is 0. The van der Waals surface area contributed by atoms with Gasteiger partial charge in [0.1, 0.15) is 0 Å². The third-order valence-corrected chi connectivity index (χ3v) is 3.98. The zero-order valence-electron chi connectivity index (χ0n) is 11.4. The first-order valence-corrected chi connectivity index (χ1v) is 7.31. The summed E-state index contributed by atoms with van der Waals surface area (Å²) in [5.74, 6) is 0.0952. The van der Waals surface area contributed by atoms with Crippen molar-refractivity contribution < 1.29 is 4.79 Å². The molecular weight excluding hydrogens is 268 g/mol. The number of aryl methyl sites for hydroxylation is 2. The Balaban J connectivity index is 1.89. The fraction of sp³-hybridized carbons (Fsp3) is 0.188. The van der Waals surface area contributed by atoms with Crippen LogP contribution in [0.15, 0.2) is 35.7 Å². The van der Waals surface area contributed by atoms with Crippen LogP contribution < -0.4 is 0 Å². The van der Waals surface area contributed by atoms with Crippen molar-refractivity contribution in [2.45, 2.75) is 20.3 Å². The van der Waals surface area contributed by atoms with Crippen LogP contribution in [0.4, 0.5) is 0 Å². The van der Waals surface area contributed by atoms with Crippen molar-refractivity contribution in [1.82, 2.24) is 9.97 Å². The molecule has 0 bridgehead atoms. The number of Topliss-reactive ketones (excluding diaryl/α,β-unsaturated/α-hetero) is 1. The number of hydrogen-bond acceptors (Lipinski definition) is 4. The quantitative estimate of drug-likeness (QED) is 0.687. The highest BCUT2D eigenvalue weighted by Crippen LogP contribution is 2.17. The van der Waals surface area contributed by atoms with E-state index < -0.39 is 0 Å². The fourth-order valence-corrected chi connectivity index (χ4v) is 2.77. The van der Waals surface area contributed by atoms with Crippen LogP contribution in [-0.4, -0.2) is 15.8 Å². The Bertz CT molecular complexity index is 792. The largest absolute Gasteiger partial charge is 0.294 e. The fourth-order valence-electron chi connectivity index (χ4n) is 2.16. The third-order valence-electron chi connectivity index (χ3n) is 3.16. The molecule has 0 fully saturated rings. The van der Waals surface area contributed by atoms with Crippen LogP contribution in [0.2, 0.25) is 0 Å². The van der Waals surface area contributed by atoms with Gasteiger partial charge in [0.2, 0.25) is 0 Å². The number of carbonyl (C=O) groups excluding carboxylic acids is 1. The van der Waals surface area contributed by atoms with Gasteiger partial charge in [-0.15, -0.1) is 11.3 Å². The molecule has 3 nitrogen and oxygen atoms in total. The molecule has 0 amide bonds. The minimum atomic E-state index is 0.0952. The van der Waals surface area contributed by atoms with Gasteiger partial charge in [0.05, 0.1) is 22.6 Å². The average molecular weight is 282 g/mol. The first-order chi connectivity index (χ1) is 9.61. The molecule has 3 rings (SSSR count). The number of hydrogen-bond donors (Lipinski definition) is 0. The van der Waals surface area contributed by atoms with Gasteiger partial charge in [0.25, 0.3) is 0 Å². The molecule has 0 aliphatic heterocycles. The number of pyridine rings is 1. The zero-order chi connectivity index (χ0) is 14.1. The number of rotatable bonds is 3. The van der Waals surface area contributed by atoms with E-state index in [1.165, 1.54) is 0 Å². The number of carbonyl (C=O) groups is 1. The first-order valence-electron chi connectivity index (χ1n) is 6.43. The van der Waals surface area contributed by atoms with Gasteiger partial charge < -0.3 is 0 Å². The van der Waals surface area contributed by atoms with E-state index in [9.17, 15) is 4.79 Å². The van der Waals surface area contributed by atoms with E-state index in [1.807, 2.05) is 49.6 Å². The minimum Gasteiger partial charge on any atom is -0.294 e. The predicted octanol–water partition coefficient (Wildman–Crippen LogP) is 3.73. The average Bonchev–Trinajstić information content (AvgIpc) is 2.83. The highest BCUT2D eigenvalue weighted by molar-refractivity contribution is 7.09. The summed E-state index contributed by atoms with van der Waals surface area (Å²) >= 11 is 1.57. The normalized spacial score (nSPS) is 10.9. The zero-order valence-corrected chi connectivity index (χ0v) is 12.2. The van der Waals surface area contributed by atoms with Crippen molar-refractivity contribution in [3.8, 4) is 0 Å². The van der Waals surface area contributed by atoms with Crippen molar-refractivity contribution >= 4 is 28.0 Å². The van der Waals surface area contributed by atoms with E-state index in [2.05, 4.69) is 9.97 Å². The molecule has 4 heteroatoms. The summed E-state index contributed by atoms with van der Waals surface area (Å²) in [5, 5.41) is 3.93. The van der Waals surface area contributed by atoms with Gasteiger partial charge in [0, 0.05) is 22.0 Å². The summed E-state index contributed by atoms with van der Waals surface area (Å²) in [4.78, 5) is 21.1. The lowest BCUT2D eigenvalue weighted by atomic mass is 10.0. The van der Waals surface area contributed by atoms with Crippen LogP contribution >= 0.6 is 11.3 Å². The molecule has 0 aliphatic rings. The van der Waals surface area contributed by atoms with Crippen molar-refractivity contribution in [2.75, 3.05) is 0 Å². The number of nitrogens with zero attached hydrogens (tertiary/aromatic N) is 2. The molecule has 0 spiro atoms. The Hall–Kier alpha value is -2.07. The van der Waals surface area contributed by atoms with E-state index in [0.717, 1.165) is 27.3 Å². The third kappa shape index (κ3) is 2.60. The van der Waals surface area contributed by atoms with Crippen molar-refractivity contribution in [3.63, 3.8) is 0 Å². The molecule has 0 saturated carbocycles. The molecule has 0 N–H and O–H groups in total. The maximum absolute atomic E-state index is 12.3. The van der Waals surface area contributed by atoms with Crippen molar-refractivity contribution in [1.29, 1.82) is 0 Å². The second-order valence-corrected chi connectivity index (χ2v) is 5.88. The predicted molar refractivity (Wildman–Crippen MR) is 81.4 cm³/mol. The molecule has 2 aromatic heterocycles. The molecule has 100 valence electrons. The highest BCUT2D eigenvalue weighted by Gasteiger charge is 2.10. The van der Waals surface area contributed by atoms with Crippen molar-refractivity contribution in [3.05, 3.63) is 57.7 Å². The molecule has 2 heterocycles. The summed E-state index contributed by atoms with van der Waals surface area (Å²) in [7, 11) is 0. The van der Waals surface area contributed by atoms with Gasteiger partial charge in [-0.3, -0.25) is 9.78 Å². The monoisotopic (exact) mass is 282 g/mol. The maximum atomic E-state index is 12.3. The van der Waals surface area contributed by atoms with E-state index >= 15 is 0 Å². The smallest absolute Gasteiger partial charge is 0.168 e. The van der Waals surface area contributed by atoms with E-state index in [1.54, 1.807) is 11.3 Å². The Labute approximate surface area is 121 Å². The first kappa shape index (κ1) is 12.9. The minimum absolute atomic E-state index is 0.0952. The van der Waals surface area contributed by atoms with Gasteiger partial charge >= 0.3 is 0 Å². The van der Waals surface area contributed by atoms with Gasteiger partial charge in [0.15, 0.2) is 5.78 Å². The molecule has 20 heavy (non-hydrogen) atoms. The summed E-state index contributed by atoms with van der Waals surface area (Å²) in [5.41, 5.74) is 3.47. The molecule has 1 aromatic carbocycles. The Morgan fingerprint density at radius 2 is 2.00 bits per heavy atom. The number of benzene rings is 1. The van der Waals surface area contributed by atoms with E-state index in [-0.39, 0.29) is 5.78 Å². The topological polar surface area (TPSA) is 42.9 Å². The van der Waals surface area contributed by atoms with Gasteiger partial charge in [-0.2, -0.15) is 0 Å². The molecular formula is C16H14N2OS. The van der Waals surface area contributed by atoms with Crippen LogP contribution in [0, 0.1) is 13.8 Å².